The second-order valence-electron chi connectivity index (χ2n) is 4.55. The number of anilines is 1. The maximum Gasteiger partial charge on any atom is 0.257 e. The van der Waals surface area contributed by atoms with Gasteiger partial charge in [0.15, 0.2) is 0 Å². The molecule has 2 N–H and O–H groups in total. The summed E-state index contributed by atoms with van der Waals surface area (Å²) in [4.78, 5) is 20.5. The first-order valence-corrected chi connectivity index (χ1v) is 6.47. The number of nitrogens with zero attached hydrogens (tertiary/aromatic N) is 2. The number of fused-ring (bicyclic) bond motifs is 1. The first kappa shape index (κ1) is 13.2. The molecule has 0 saturated heterocycles. The molecule has 0 aliphatic heterocycles. The maximum atomic E-state index is 12.4. The minimum atomic E-state index is -0.276. The van der Waals surface area contributed by atoms with Crippen molar-refractivity contribution in [2.75, 3.05) is 5.32 Å². The lowest BCUT2D eigenvalue weighted by Gasteiger charge is -2.10. The molecule has 5 nitrogen and oxygen atoms in total. The highest BCUT2D eigenvalue weighted by Crippen LogP contribution is 2.19. The summed E-state index contributed by atoms with van der Waals surface area (Å²) < 4.78 is 0. The third-order valence-electron chi connectivity index (χ3n) is 3.24. The number of hydrogen-bond acceptors (Lipinski definition) is 4. The van der Waals surface area contributed by atoms with Crippen LogP contribution in [0.25, 0.3) is 10.8 Å². The van der Waals surface area contributed by atoms with Crippen molar-refractivity contribution in [3.8, 4) is 0 Å². The summed E-state index contributed by atoms with van der Waals surface area (Å²) in [6, 6.07) is 9.22. The number of nitrogens with one attached hydrogen (secondary N) is 1. The van der Waals surface area contributed by atoms with Gasteiger partial charge in [-0.15, -0.1) is 0 Å². The van der Waals surface area contributed by atoms with Gasteiger partial charge in [-0.25, -0.2) is 0 Å². The number of aliphatic hydroxyl groups excluding tert-OH is 1. The van der Waals surface area contributed by atoms with Crippen molar-refractivity contribution in [2.45, 2.75) is 6.61 Å². The molecule has 0 unspecified atom stereocenters. The quantitative estimate of drug-likeness (QED) is 0.772. The first-order chi connectivity index (χ1) is 10.3. The fourth-order valence-electron chi connectivity index (χ4n) is 2.16. The van der Waals surface area contributed by atoms with Gasteiger partial charge in [-0.3, -0.25) is 14.8 Å². The van der Waals surface area contributed by atoms with Gasteiger partial charge in [-0.2, -0.15) is 0 Å². The fourth-order valence-corrected chi connectivity index (χ4v) is 2.16. The van der Waals surface area contributed by atoms with Crippen LogP contribution in [-0.2, 0) is 6.61 Å². The lowest BCUT2D eigenvalue weighted by Crippen LogP contribution is -2.14. The van der Waals surface area contributed by atoms with Gasteiger partial charge < -0.3 is 10.4 Å². The van der Waals surface area contributed by atoms with Gasteiger partial charge in [0.2, 0.25) is 0 Å². The van der Waals surface area contributed by atoms with Crippen molar-refractivity contribution < 1.29 is 9.90 Å². The molecule has 0 aliphatic rings. The van der Waals surface area contributed by atoms with Crippen LogP contribution in [0.15, 0.2) is 55.1 Å². The number of carbonyl (C=O) groups is 1. The normalized spacial score (nSPS) is 10.5. The Labute approximate surface area is 121 Å². The van der Waals surface area contributed by atoms with E-state index in [4.69, 9.17) is 0 Å². The Kier molecular flexibility index (Phi) is 3.57. The Balaban J connectivity index is 1.98. The van der Waals surface area contributed by atoms with Gasteiger partial charge in [0, 0.05) is 29.5 Å². The first-order valence-electron chi connectivity index (χ1n) is 6.47. The SMILES string of the molecule is O=C(Nc1cnccc1CO)c1cncc2ccccc12. The molecule has 0 fully saturated rings. The number of amides is 1. The number of hydrogen-bond donors (Lipinski definition) is 2. The third kappa shape index (κ3) is 2.59. The molecule has 0 atom stereocenters. The van der Waals surface area contributed by atoms with Gasteiger partial charge >= 0.3 is 0 Å². The van der Waals surface area contributed by atoms with E-state index in [1.54, 1.807) is 18.5 Å². The molecular weight excluding hydrogens is 266 g/mol. The molecule has 0 spiro atoms. The average molecular weight is 279 g/mol. The van der Waals surface area contributed by atoms with Crippen molar-refractivity contribution >= 4 is 22.4 Å². The number of aliphatic hydroxyl groups is 1. The van der Waals surface area contributed by atoms with Crippen LogP contribution in [0, 0.1) is 0 Å². The summed E-state index contributed by atoms with van der Waals surface area (Å²) in [6.07, 6.45) is 6.34. The molecule has 0 radical (unpaired) electrons. The van der Waals surface area contributed by atoms with Gasteiger partial charge in [-0.1, -0.05) is 24.3 Å². The Morgan fingerprint density at radius 3 is 2.81 bits per heavy atom. The smallest absolute Gasteiger partial charge is 0.257 e. The number of rotatable bonds is 3. The number of pyridine rings is 2. The van der Waals surface area contributed by atoms with E-state index in [0.29, 0.717) is 16.8 Å². The molecule has 2 heterocycles. The average Bonchev–Trinajstić information content (AvgIpc) is 2.54. The highest BCUT2D eigenvalue weighted by atomic mass is 16.3. The van der Waals surface area contributed by atoms with Crippen molar-refractivity contribution in [1.29, 1.82) is 0 Å². The number of benzene rings is 1. The third-order valence-corrected chi connectivity index (χ3v) is 3.24. The molecule has 1 amide bonds. The van der Waals surface area contributed by atoms with E-state index in [0.717, 1.165) is 10.8 Å². The molecule has 5 heteroatoms. The van der Waals surface area contributed by atoms with E-state index in [9.17, 15) is 9.90 Å². The van der Waals surface area contributed by atoms with Crippen molar-refractivity contribution in [1.82, 2.24) is 9.97 Å². The van der Waals surface area contributed by atoms with Crippen molar-refractivity contribution in [2.24, 2.45) is 0 Å². The molecule has 0 bridgehead atoms. The van der Waals surface area contributed by atoms with Crippen LogP contribution in [0.2, 0.25) is 0 Å². The maximum absolute atomic E-state index is 12.4. The molecule has 2 aromatic heterocycles. The zero-order chi connectivity index (χ0) is 14.7. The highest BCUT2D eigenvalue weighted by molar-refractivity contribution is 6.12. The van der Waals surface area contributed by atoms with Gasteiger partial charge in [0.25, 0.3) is 5.91 Å². The lowest BCUT2D eigenvalue weighted by molar-refractivity contribution is 0.102. The summed E-state index contributed by atoms with van der Waals surface area (Å²) in [5.41, 5.74) is 1.60. The van der Waals surface area contributed by atoms with Crippen molar-refractivity contribution in [3.05, 3.63) is 66.2 Å². The van der Waals surface area contributed by atoms with Gasteiger partial charge in [0.1, 0.15) is 0 Å². The van der Waals surface area contributed by atoms with Gasteiger partial charge in [0.05, 0.1) is 24.1 Å². The molecule has 3 aromatic rings. The zero-order valence-corrected chi connectivity index (χ0v) is 11.2. The van der Waals surface area contributed by atoms with Crippen LogP contribution in [0.1, 0.15) is 15.9 Å². The Morgan fingerprint density at radius 2 is 1.95 bits per heavy atom. The van der Waals surface area contributed by atoms with Crippen LogP contribution < -0.4 is 5.32 Å². The summed E-state index contributed by atoms with van der Waals surface area (Å²) >= 11 is 0. The van der Waals surface area contributed by atoms with Gasteiger partial charge in [-0.05, 0) is 11.5 Å². The largest absolute Gasteiger partial charge is 0.392 e. The van der Waals surface area contributed by atoms with Crippen LogP contribution in [-0.4, -0.2) is 21.0 Å². The predicted octanol–water partition coefficient (Wildman–Crippen LogP) is 2.37. The molecule has 0 aliphatic carbocycles. The van der Waals surface area contributed by atoms with Crippen LogP contribution in [0.3, 0.4) is 0 Å². The lowest BCUT2D eigenvalue weighted by atomic mass is 10.1. The predicted molar refractivity (Wildman–Crippen MR) is 79.9 cm³/mol. The zero-order valence-electron chi connectivity index (χ0n) is 11.2. The number of carbonyl (C=O) groups excluding carboxylic acids is 1. The molecule has 3 rings (SSSR count). The molecule has 1 aromatic carbocycles. The fraction of sp³-hybridized carbons (Fsp3) is 0.0625. The highest BCUT2D eigenvalue weighted by Gasteiger charge is 2.12. The van der Waals surface area contributed by atoms with Crippen LogP contribution >= 0.6 is 0 Å². The minimum absolute atomic E-state index is 0.161. The van der Waals surface area contributed by atoms with Crippen molar-refractivity contribution in [3.63, 3.8) is 0 Å². The van der Waals surface area contributed by atoms with E-state index in [1.807, 2.05) is 24.3 Å². The Morgan fingerprint density at radius 1 is 1.10 bits per heavy atom. The second kappa shape index (κ2) is 5.68. The van der Waals surface area contributed by atoms with E-state index in [1.165, 1.54) is 12.4 Å². The van der Waals surface area contributed by atoms with E-state index < -0.39 is 0 Å². The summed E-state index contributed by atoms with van der Waals surface area (Å²) in [7, 11) is 0. The molecule has 21 heavy (non-hydrogen) atoms. The molecule has 104 valence electrons. The second-order valence-corrected chi connectivity index (χ2v) is 4.55. The van der Waals surface area contributed by atoms with Crippen LogP contribution in [0.5, 0.6) is 0 Å². The molecular formula is C16H13N3O2. The molecule has 0 saturated carbocycles. The monoisotopic (exact) mass is 279 g/mol. The van der Waals surface area contributed by atoms with Crippen LogP contribution in [0.4, 0.5) is 5.69 Å². The standard InChI is InChI=1S/C16H13N3O2/c20-10-12-5-6-17-9-15(12)19-16(21)14-8-18-7-11-3-1-2-4-13(11)14/h1-9,20H,10H2,(H,19,21). The van der Waals surface area contributed by atoms with E-state index in [2.05, 4.69) is 15.3 Å². The van der Waals surface area contributed by atoms with E-state index >= 15 is 0 Å². The van der Waals surface area contributed by atoms with E-state index in [-0.39, 0.29) is 12.5 Å². The number of aromatic nitrogens is 2. The summed E-state index contributed by atoms with van der Waals surface area (Å²) in [5.74, 6) is -0.276. The summed E-state index contributed by atoms with van der Waals surface area (Å²) in [5, 5.41) is 13.8. The minimum Gasteiger partial charge on any atom is -0.392 e. The summed E-state index contributed by atoms with van der Waals surface area (Å²) in [6.45, 7) is -0.161. The Bertz CT molecular complexity index is 797. The Hall–Kier alpha value is -2.79. The topological polar surface area (TPSA) is 75.1 Å².